The quantitative estimate of drug-likeness (QED) is 0.170. The Kier molecular flexibility index (Phi) is 7.80. The van der Waals surface area contributed by atoms with Crippen LogP contribution in [0.1, 0.15) is 5.56 Å². The SMILES string of the molecule is N#Cc1c(-c2ccccc2)nc(-c2ccc(-n3c4ccccc4c4ccc5c6cccc(-c7ccccc7)c6oc5c43)cc2-c2ccccc2)nc1-c1ccccc1. The monoisotopic (exact) mass is 740 g/mol. The molecule has 0 aliphatic carbocycles. The molecule has 0 aliphatic heterocycles. The van der Waals surface area contributed by atoms with Crippen molar-refractivity contribution in [3.05, 3.63) is 200 Å². The fourth-order valence-electron chi connectivity index (χ4n) is 8.44. The van der Waals surface area contributed by atoms with Crippen molar-refractivity contribution in [1.82, 2.24) is 14.5 Å². The van der Waals surface area contributed by atoms with E-state index in [-0.39, 0.29) is 0 Å². The van der Waals surface area contributed by atoms with Crippen LogP contribution in [0.5, 0.6) is 0 Å². The third kappa shape index (κ3) is 5.31. The molecule has 0 bridgehead atoms. The molecule has 0 fully saturated rings. The molecule has 11 rings (SSSR count). The summed E-state index contributed by atoms with van der Waals surface area (Å²) in [7, 11) is 0. The Morgan fingerprint density at radius 1 is 0.431 bits per heavy atom. The van der Waals surface area contributed by atoms with E-state index in [0.29, 0.717) is 22.8 Å². The molecule has 0 amide bonds. The van der Waals surface area contributed by atoms with Crippen LogP contribution in [0.25, 0.3) is 106 Å². The smallest absolute Gasteiger partial charge is 0.161 e. The molecule has 0 saturated heterocycles. The third-order valence-corrected chi connectivity index (χ3v) is 11.1. The van der Waals surface area contributed by atoms with Gasteiger partial charge in [0, 0.05) is 49.5 Å². The van der Waals surface area contributed by atoms with E-state index in [2.05, 4.69) is 132 Å². The Labute approximate surface area is 334 Å². The van der Waals surface area contributed by atoms with Gasteiger partial charge in [-0.1, -0.05) is 164 Å². The van der Waals surface area contributed by atoms with E-state index in [1.165, 1.54) is 0 Å². The fraction of sp³-hybridized carbons (Fsp3) is 0. The summed E-state index contributed by atoms with van der Waals surface area (Å²) in [5.74, 6) is 0.539. The van der Waals surface area contributed by atoms with Crippen LogP contribution in [0.2, 0.25) is 0 Å². The summed E-state index contributed by atoms with van der Waals surface area (Å²) in [4.78, 5) is 10.4. The maximum absolute atomic E-state index is 10.6. The molecule has 3 heterocycles. The van der Waals surface area contributed by atoms with Crippen LogP contribution in [-0.4, -0.2) is 14.5 Å². The molecule has 8 aromatic carbocycles. The predicted octanol–water partition coefficient (Wildman–Crippen LogP) is 13.7. The van der Waals surface area contributed by atoms with Gasteiger partial charge in [-0.05, 0) is 47.0 Å². The number of rotatable bonds is 6. The first kappa shape index (κ1) is 33.3. The van der Waals surface area contributed by atoms with Crippen LogP contribution in [0, 0.1) is 11.3 Å². The highest BCUT2D eigenvalue weighted by molar-refractivity contribution is 6.22. The second-order valence-corrected chi connectivity index (χ2v) is 14.4. The minimum Gasteiger partial charge on any atom is -0.453 e. The molecule has 0 unspecified atom stereocenters. The summed E-state index contributed by atoms with van der Waals surface area (Å²) in [5, 5.41) is 15.0. The summed E-state index contributed by atoms with van der Waals surface area (Å²) in [6.45, 7) is 0. The number of para-hydroxylation sites is 2. The summed E-state index contributed by atoms with van der Waals surface area (Å²) < 4.78 is 9.35. The van der Waals surface area contributed by atoms with Gasteiger partial charge in [-0.15, -0.1) is 0 Å². The number of fused-ring (bicyclic) bond motifs is 7. The minimum absolute atomic E-state index is 0.439. The third-order valence-electron chi connectivity index (χ3n) is 11.1. The number of aromatic nitrogens is 3. The number of nitrogens with zero attached hydrogens (tertiary/aromatic N) is 4. The van der Waals surface area contributed by atoms with E-state index in [0.717, 1.165) is 88.4 Å². The summed E-state index contributed by atoms with van der Waals surface area (Å²) >= 11 is 0. The Morgan fingerprint density at radius 2 is 0.966 bits per heavy atom. The molecule has 0 atom stereocenters. The van der Waals surface area contributed by atoms with Crippen LogP contribution < -0.4 is 0 Å². The van der Waals surface area contributed by atoms with Crippen molar-refractivity contribution in [2.75, 3.05) is 0 Å². The maximum Gasteiger partial charge on any atom is 0.161 e. The molecular formula is C53H32N4O. The number of hydrogen-bond acceptors (Lipinski definition) is 4. The van der Waals surface area contributed by atoms with E-state index in [4.69, 9.17) is 14.4 Å². The molecule has 5 heteroatoms. The van der Waals surface area contributed by atoms with E-state index < -0.39 is 0 Å². The molecule has 0 spiro atoms. The second kappa shape index (κ2) is 13.6. The van der Waals surface area contributed by atoms with Gasteiger partial charge in [-0.2, -0.15) is 5.26 Å². The summed E-state index contributed by atoms with van der Waals surface area (Å²) in [6, 6.07) is 68.9. The lowest BCUT2D eigenvalue weighted by molar-refractivity contribution is 0.672. The van der Waals surface area contributed by atoms with E-state index in [1.54, 1.807) is 0 Å². The van der Waals surface area contributed by atoms with Crippen LogP contribution in [0.15, 0.2) is 199 Å². The van der Waals surface area contributed by atoms with Gasteiger partial charge in [0.15, 0.2) is 11.4 Å². The average molecular weight is 741 g/mol. The summed E-state index contributed by atoms with van der Waals surface area (Å²) in [5.41, 5.74) is 13.1. The van der Waals surface area contributed by atoms with Gasteiger partial charge in [-0.3, -0.25) is 0 Å². The largest absolute Gasteiger partial charge is 0.453 e. The molecule has 11 aromatic rings. The van der Waals surface area contributed by atoms with Crippen LogP contribution in [-0.2, 0) is 0 Å². The van der Waals surface area contributed by atoms with Gasteiger partial charge >= 0.3 is 0 Å². The molecule has 0 N–H and O–H groups in total. The second-order valence-electron chi connectivity index (χ2n) is 14.4. The van der Waals surface area contributed by atoms with Crippen molar-refractivity contribution in [3.63, 3.8) is 0 Å². The summed E-state index contributed by atoms with van der Waals surface area (Å²) in [6.07, 6.45) is 0. The first-order chi connectivity index (χ1) is 28.7. The van der Waals surface area contributed by atoms with Gasteiger partial charge in [0.25, 0.3) is 0 Å². The highest BCUT2D eigenvalue weighted by atomic mass is 16.3. The number of furan rings is 1. The van der Waals surface area contributed by atoms with Gasteiger partial charge < -0.3 is 8.98 Å². The van der Waals surface area contributed by atoms with Crippen LogP contribution in [0.4, 0.5) is 0 Å². The van der Waals surface area contributed by atoms with E-state index >= 15 is 0 Å². The van der Waals surface area contributed by atoms with Crippen LogP contribution in [0.3, 0.4) is 0 Å². The minimum atomic E-state index is 0.439. The Bertz CT molecular complexity index is 3320. The Balaban J connectivity index is 1.20. The van der Waals surface area contributed by atoms with Gasteiger partial charge in [0.2, 0.25) is 0 Å². The standard InChI is InChI=1S/C53H32N4O/c54-33-46-48(36-20-9-3-10-21-36)55-53(56-49(46)37-22-11-4-12-23-37)44-29-28-38(32-45(44)35-18-7-2-8-19-35)57-47-27-14-13-24-40(47)41-30-31-43-42-26-15-25-39(34-16-5-1-6-17-34)51(42)58-52(43)50(41)57/h1-32H. The van der Waals surface area contributed by atoms with Crippen LogP contribution >= 0.6 is 0 Å². The lowest BCUT2D eigenvalue weighted by atomic mass is 9.96. The van der Waals surface area contributed by atoms with E-state index in [9.17, 15) is 5.26 Å². The molecule has 0 saturated carbocycles. The predicted molar refractivity (Wildman–Crippen MR) is 236 cm³/mol. The average Bonchev–Trinajstić information content (AvgIpc) is 3.86. The van der Waals surface area contributed by atoms with Gasteiger partial charge in [0.05, 0.1) is 22.4 Å². The molecular weight excluding hydrogens is 709 g/mol. The van der Waals surface area contributed by atoms with Crippen molar-refractivity contribution in [3.8, 4) is 67.9 Å². The molecule has 0 aliphatic rings. The van der Waals surface area contributed by atoms with Gasteiger partial charge in [-0.25, -0.2) is 9.97 Å². The number of nitriles is 1. The van der Waals surface area contributed by atoms with Crippen molar-refractivity contribution in [2.24, 2.45) is 0 Å². The molecule has 0 radical (unpaired) electrons. The molecule has 270 valence electrons. The lowest BCUT2D eigenvalue weighted by Gasteiger charge is -2.16. The number of benzene rings is 8. The van der Waals surface area contributed by atoms with Gasteiger partial charge in [0.1, 0.15) is 17.2 Å². The van der Waals surface area contributed by atoms with Crippen molar-refractivity contribution in [2.45, 2.75) is 0 Å². The number of hydrogen-bond donors (Lipinski definition) is 0. The van der Waals surface area contributed by atoms with Crippen molar-refractivity contribution in [1.29, 1.82) is 5.26 Å². The normalized spacial score (nSPS) is 11.4. The fourth-order valence-corrected chi connectivity index (χ4v) is 8.44. The zero-order valence-corrected chi connectivity index (χ0v) is 31.2. The first-order valence-corrected chi connectivity index (χ1v) is 19.3. The first-order valence-electron chi connectivity index (χ1n) is 19.3. The topological polar surface area (TPSA) is 67.6 Å². The zero-order chi connectivity index (χ0) is 38.6. The Morgan fingerprint density at radius 3 is 1.60 bits per heavy atom. The molecule has 5 nitrogen and oxygen atoms in total. The molecule has 58 heavy (non-hydrogen) atoms. The lowest BCUT2D eigenvalue weighted by Crippen LogP contribution is -2.03. The van der Waals surface area contributed by atoms with Crippen molar-refractivity contribution >= 4 is 43.7 Å². The van der Waals surface area contributed by atoms with Crippen molar-refractivity contribution < 1.29 is 4.42 Å². The zero-order valence-electron chi connectivity index (χ0n) is 31.2. The highest BCUT2D eigenvalue weighted by Gasteiger charge is 2.23. The van der Waals surface area contributed by atoms with E-state index in [1.807, 2.05) is 72.8 Å². The molecule has 3 aromatic heterocycles. The highest BCUT2D eigenvalue weighted by Crippen LogP contribution is 2.44. The maximum atomic E-state index is 10.6. The Hall–Kier alpha value is -8.07.